The first-order valence-electron chi connectivity index (χ1n) is 7.40. The summed E-state index contributed by atoms with van der Waals surface area (Å²) in [5.74, 6) is 0.446. The highest BCUT2D eigenvalue weighted by molar-refractivity contribution is 8.45. The number of nitrogens with two attached hydrogens (primary N) is 1. The van der Waals surface area contributed by atoms with Gasteiger partial charge in [0, 0.05) is 24.1 Å². The number of halogens is 5. The van der Waals surface area contributed by atoms with E-state index in [1.807, 2.05) is 0 Å². The predicted octanol–water partition coefficient (Wildman–Crippen LogP) is 4.90. The summed E-state index contributed by atoms with van der Waals surface area (Å²) >= 11 is 0. The molecule has 3 rings (SSSR count). The first-order chi connectivity index (χ1) is 11.4. The van der Waals surface area contributed by atoms with Gasteiger partial charge in [0.25, 0.3) is 0 Å². The Kier molecular flexibility index (Phi) is 3.66. The molecule has 9 heteroatoms. The number of fused-ring (bicyclic) bond motifs is 1. The Morgan fingerprint density at radius 3 is 2.24 bits per heavy atom. The van der Waals surface area contributed by atoms with Gasteiger partial charge in [-0.3, -0.25) is 0 Å². The van der Waals surface area contributed by atoms with Gasteiger partial charge in [0.05, 0.1) is 13.2 Å². The number of hydrogen-bond acceptors (Lipinski definition) is 3. The normalized spacial score (nSPS) is 16.8. The maximum Gasteiger partial charge on any atom is 0.310 e. The number of rotatable bonds is 4. The van der Waals surface area contributed by atoms with E-state index in [0.717, 1.165) is 17.7 Å². The number of hydrogen-bond donors (Lipinski definition) is 2. The van der Waals surface area contributed by atoms with Gasteiger partial charge in [0.15, 0.2) is 0 Å². The van der Waals surface area contributed by atoms with E-state index in [2.05, 4.69) is 0 Å². The maximum absolute atomic E-state index is 12.8. The van der Waals surface area contributed by atoms with Gasteiger partial charge in [-0.1, -0.05) is 31.6 Å². The van der Waals surface area contributed by atoms with E-state index >= 15 is 0 Å². The summed E-state index contributed by atoms with van der Waals surface area (Å²) in [6, 6.07) is 4.35. The SMILES string of the molecule is NCc1cc(-c2ccc(S(F)(F)(F)(F)F)cc2)c2c(c1CO)CCO2. The van der Waals surface area contributed by atoms with Crippen molar-refractivity contribution in [2.24, 2.45) is 5.73 Å². The Balaban J connectivity index is 2.14. The molecule has 3 nitrogen and oxygen atoms in total. The monoisotopic (exact) mass is 381 g/mol. The van der Waals surface area contributed by atoms with Crippen LogP contribution in [0.4, 0.5) is 19.4 Å². The summed E-state index contributed by atoms with van der Waals surface area (Å²) < 4.78 is 69.8. The molecule has 25 heavy (non-hydrogen) atoms. The average molecular weight is 381 g/mol. The molecular weight excluding hydrogens is 365 g/mol. The van der Waals surface area contributed by atoms with Crippen molar-refractivity contribution in [1.29, 1.82) is 0 Å². The molecule has 0 aromatic heterocycles. The molecule has 0 amide bonds. The predicted molar refractivity (Wildman–Crippen MR) is 86.3 cm³/mol. The molecule has 0 radical (unpaired) electrons. The third kappa shape index (κ3) is 3.31. The molecule has 1 aliphatic rings. The second-order valence-corrected chi connectivity index (χ2v) is 8.23. The van der Waals surface area contributed by atoms with Crippen LogP contribution in [0.1, 0.15) is 16.7 Å². The fourth-order valence-corrected chi connectivity index (χ4v) is 3.64. The largest absolute Gasteiger partial charge is 0.492 e. The summed E-state index contributed by atoms with van der Waals surface area (Å²) in [5.41, 5.74) is 8.49. The molecular formula is C16H16F5NO2S. The van der Waals surface area contributed by atoms with E-state index in [1.54, 1.807) is 6.07 Å². The molecule has 138 valence electrons. The molecule has 0 saturated heterocycles. The summed E-state index contributed by atoms with van der Waals surface area (Å²) in [5, 5.41) is 9.54. The Morgan fingerprint density at radius 2 is 1.72 bits per heavy atom. The molecule has 0 aliphatic carbocycles. The Labute approximate surface area is 140 Å². The van der Waals surface area contributed by atoms with Gasteiger partial charge in [0.1, 0.15) is 10.6 Å². The molecule has 0 saturated carbocycles. The van der Waals surface area contributed by atoms with E-state index < -0.39 is 15.1 Å². The lowest BCUT2D eigenvalue weighted by Gasteiger charge is -2.40. The second-order valence-electron chi connectivity index (χ2n) is 5.82. The molecule has 2 aromatic rings. The van der Waals surface area contributed by atoms with Crippen LogP contribution in [0.25, 0.3) is 11.1 Å². The fourth-order valence-electron chi connectivity index (χ4n) is 2.99. The minimum atomic E-state index is -9.70. The van der Waals surface area contributed by atoms with Crippen LogP contribution in [0.5, 0.6) is 5.75 Å². The van der Waals surface area contributed by atoms with Gasteiger partial charge in [0.2, 0.25) is 0 Å². The maximum atomic E-state index is 12.8. The van der Waals surface area contributed by atoms with Gasteiger partial charge >= 0.3 is 10.2 Å². The van der Waals surface area contributed by atoms with E-state index in [1.165, 1.54) is 0 Å². The fraction of sp³-hybridized carbons (Fsp3) is 0.250. The molecule has 0 spiro atoms. The molecule has 3 N–H and O–H groups in total. The molecule has 1 aliphatic heterocycles. The minimum absolute atomic E-state index is 0.125. The zero-order valence-electron chi connectivity index (χ0n) is 12.9. The van der Waals surface area contributed by atoms with Gasteiger partial charge in [-0.2, -0.15) is 0 Å². The average Bonchev–Trinajstić information content (AvgIpc) is 3.00. The number of benzene rings is 2. The first kappa shape index (κ1) is 18.0. The van der Waals surface area contributed by atoms with Crippen LogP contribution >= 0.6 is 10.2 Å². The highest BCUT2D eigenvalue weighted by Crippen LogP contribution is 3.02. The number of aliphatic hydroxyl groups is 1. The van der Waals surface area contributed by atoms with Crippen molar-refractivity contribution in [3.63, 3.8) is 0 Å². The zero-order chi connectivity index (χ0) is 18.5. The molecule has 0 atom stereocenters. The van der Waals surface area contributed by atoms with E-state index in [9.17, 15) is 24.5 Å². The van der Waals surface area contributed by atoms with Crippen molar-refractivity contribution >= 4 is 10.2 Å². The summed E-state index contributed by atoms with van der Waals surface area (Å²) in [7, 11) is -9.70. The summed E-state index contributed by atoms with van der Waals surface area (Å²) in [4.78, 5) is -1.94. The first-order valence-corrected chi connectivity index (χ1v) is 9.35. The van der Waals surface area contributed by atoms with Crippen molar-refractivity contribution in [3.8, 4) is 16.9 Å². The van der Waals surface area contributed by atoms with Gasteiger partial charge in [-0.25, -0.2) is 0 Å². The van der Waals surface area contributed by atoms with Gasteiger partial charge in [-0.05, 0) is 34.9 Å². The molecule has 1 heterocycles. The van der Waals surface area contributed by atoms with Crippen LogP contribution in [0, 0.1) is 0 Å². The lowest BCUT2D eigenvalue weighted by Crippen LogP contribution is -2.06. The molecule has 2 aromatic carbocycles. The van der Waals surface area contributed by atoms with Crippen molar-refractivity contribution in [2.45, 2.75) is 24.5 Å². The van der Waals surface area contributed by atoms with E-state index in [-0.39, 0.29) is 13.2 Å². The summed E-state index contributed by atoms with van der Waals surface area (Å²) in [6.07, 6.45) is 0.537. The third-order valence-corrected chi connectivity index (χ3v) is 5.34. The lowest BCUT2D eigenvalue weighted by atomic mass is 9.93. The van der Waals surface area contributed by atoms with Gasteiger partial charge < -0.3 is 15.6 Å². The van der Waals surface area contributed by atoms with Gasteiger partial charge in [-0.15, -0.1) is 0 Å². The van der Waals surface area contributed by atoms with Crippen molar-refractivity contribution in [3.05, 3.63) is 47.0 Å². The summed E-state index contributed by atoms with van der Waals surface area (Å²) in [6.45, 7) is 0.258. The quantitative estimate of drug-likeness (QED) is 0.741. The topological polar surface area (TPSA) is 55.5 Å². The van der Waals surface area contributed by atoms with Crippen molar-refractivity contribution < 1.29 is 29.3 Å². The number of aliphatic hydroxyl groups excluding tert-OH is 1. The van der Waals surface area contributed by atoms with E-state index in [0.29, 0.717) is 53.2 Å². The molecule has 0 fully saturated rings. The van der Waals surface area contributed by atoms with Crippen LogP contribution in [-0.4, -0.2) is 11.7 Å². The highest BCUT2D eigenvalue weighted by Gasteiger charge is 2.65. The van der Waals surface area contributed by atoms with Crippen LogP contribution in [0.15, 0.2) is 35.2 Å². The smallest absolute Gasteiger partial charge is 0.310 e. The van der Waals surface area contributed by atoms with Crippen LogP contribution in [0.2, 0.25) is 0 Å². The minimum Gasteiger partial charge on any atom is -0.492 e. The standard InChI is InChI=1S/C16H16F5NO2S/c17-25(18,19,20,21)12-3-1-10(2-4-12)14-7-11(8-22)15(9-23)13-5-6-24-16(13)14/h1-4,7,23H,5-6,8-9,22H2. The lowest BCUT2D eigenvalue weighted by molar-refractivity contribution is 0.279. The van der Waals surface area contributed by atoms with Crippen LogP contribution in [0.3, 0.4) is 0 Å². The van der Waals surface area contributed by atoms with Crippen molar-refractivity contribution in [2.75, 3.05) is 6.61 Å². The third-order valence-electron chi connectivity index (χ3n) is 4.18. The second kappa shape index (κ2) is 5.09. The Hall–Kier alpha value is -1.84. The zero-order valence-corrected chi connectivity index (χ0v) is 13.8. The Morgan fingerprint density at radius 1 is 1.08 bits per heavy atom. The highest BCUT2D eigenvalue weighted by atomic mass is 32.5. The Bertz CT molecular complexity index is 835. The number of ether oxygens (including phenoxy) is 1. The molecule has 0 unspecified atom stereocenters. The van der Waals surface area contributed by atoms with E-state index in [4.69, 9.17) is 10.5 Å². The van der Waals surface area contributed by atoms with Crippen LogP contribution < -0.4 is 10.5 Å². The van der Waals surface area contributed by atoms with Crippen LogP contribution in [-0.2, 0) is 19.6 Å². The van der Waals surface area contributed by atoms with Crippen molar-refractivity contribution in [1.82, 2.24) is 0 Å². The molecule has 0 bridgehead atoms.